The second-order valence-electron chi connectivity index (χ2n) is 6.85. The molecule has 0 aromatic heterocycles. The number of terminal acetylenes is 1. The molecule has 2 aromatic carbocycles. The molecule has 2 aromatic rings. The fourth-order valence-corrected chi connectivity index (χ4v) is 2.82. The average Bonchev–Trinajstić information content (AvgIpc) is 2.82. The highest BCUT2D eigenvalue weighted by atomic mass is 19.2. The van der Waals surface area contributed by atoms with Gasteiger partial charge in [0.1, 0.15) is 11.4 Å². The van der Waals surface area contributed by atoms with Crippen molar-refractivity contribution in [2.75, 3.05) is 11.4 Å². The summed E-state index contributed by atoms with van der Waals surface area (Å²) in [6, 6.07) is 0. The first-order valence-electron chi connectivity index (χ1n) is 8.98. The molecule has 0 aliphatic rings. The molecule has 182 valence electrons. The van der Waals surface area contributed by atoms with Crippen LogP contribution >= 0.6 is 0 Å². The predicted octanol–water partition coefficient (Wildman–Crippen LogP) is 7.58. The summed E-state index contributed by atoms with van der Waals surface area (Å²) in [5.74, 6) is -22.5. The molecule has 0 spiro atoms. The first-order valence-corrected chi connectivity index (χ1v) is 8.98. The summed E-state index contributed by atoms with van der Waals surface area (Å²) in [5, 5.41) is 0. The number of nitrogens with zero attached hydrogens (tertiary/aromatic N) is 1. The molecule has 0 bridgehead atoms. The highest BCUT2D eigenvalue weighted by Gasteiger charge is 2.35. The summed E-state index contributed by atoms with van der Waals surface area (Å²) in [5.41, 5.74) is -7.76. The Morgan fingerprint density at radius 3 is 1.29 bits per heavy atom. The normalized spacial score (nSPS) is 12.9. The zero-order valence-electron chi connectivity index (χ0n) is 17.4. The van der Waals surface area contributed by atoms with Crippen LogP contribution in [0.15, 0.2) is 23.1 Å². The number of hydrogen-bond donors (Lipinski definition) is 0. The van der Waals surface area contributed by atoms with E-state index < -0.39 is 104 Å². The Morgan fingerprint density at radius 1 is 0.676 bits per heavy atom. The maximum atomic E-state index is 14.6. The highest BCUT2D eigenvalue weighted by Crippen LogP contribution is 2.40. The molecular formula is C22H12F11N. The van der Waals surface area contributed by atoms with Crippen molar-refractivity contribution in [2.24, 2.45) is 0 Å². The quantitative estimate of drug-likeness (QED) is 0.177. The van der Waals surface area contributed by atoms with Crippen LogP contribution in [-0.4, -0.2) is 6.54 Å². The minimum Gasteiger partial charge on any atom is -0.325 e. The van der Waals surface area contributed by atoms with Crippen molar-refractivity contribution in [1.29, 1.82) is 0 Å². The Morgan fingerprint density at radius 2 is 1.00 bits per heavy atom. The molecule has 1 nitrogen and oxygen atoms in total. The number of hydrogen-bond acceptors (Lipinski definition) is 1. The van der Waals surface area contributed by atoms with Crippen LogP contribution < -0.4 is 4.90 Å². The molecule has 0 aliphatic carbocycles. The van der Waals surface area contributed by atoms with Crippen LogP contribution in [0.5, 0.6) is 0 Å². The van der Waals surface area contributed by atoms with Gasteiger partial charge in [-0.1, -0.05) is 0 Å². The molecule has 12 heteroatoms. The van der Waals surface area contributed by atoms with E-state index >= 15 is 0 Å². The second-order valence-corrected chi connectivity index (χ2v) is 6.85. The van der Waals surface area contributed by atoms with Gasteiger partial charge in [0.25, 0.3) is 0 Å². The third-order valence-corrected chi connectivity index (χ3v) is 4.78. The lowest BCUT2D eigenvalue weighted by Crippen LogP contribution is -2.27. The van der Waals surface area contributed by atoms with Crippen LogP contribution in [-0.2, 0) is 0 Å². The predicted molar refractivity (Wildman–Crippen MR) is 101 cm³/mol. The molecule has 0 radical (unpaired) electrons. The van der Waals surface area contributed by atoms with Gasteiger partial charge in [0.2, 0.25) is 0 Å². The minimum absolute atomic E-state index is 0.578. The van der Waals surface area contributed by atoms with Crippen molar-refractivity contribution < 1.29 is 48.3 Å². The topological polar surface area (TPSA) is 3.24 Å². The van der Waals surface area contributed by atoms with E-state index in [-0.39, 0.29) is 0 Å². The number of benzene rings is 2. The zero-order valence-corrected chi connectivity index (χ0v) is 17.4. The highest BCUT2D eigenvalue weighted by molar-refractivity contribution is 5.68. The van der Waals surface area contributed by atoms with Gasteiger partial charge in [-0.2, -0.15) is 4.39 Å². The molecule has 0 saturated heterocycles. The van der Waals surface area contributed by atoms with Crippen LogP contribution in [0.3, 0.4) is 0 Å². The molecule has 0 amide bonds. The fraction of sp³-hybridized carbons (Fsp3) is 0.182. The third kappa shape index (κ3) is 4.34. The second kappa shape index (κ2) is 9.79. The van der Waals surface area contributed by atoms with E-state index in [1.165, 1.54) is 5.92 Å². The van der Waals surface area contributed by atoms with Gasteiger partial charge in [-0.3, -0.25) is 0 Å². The van der Waals surface area contributed by atoms with Crippen molar-refractivity contribution in [3.63, 3.8) is 0 Å². The van der Waals surface area contributed by atoms with E-state index in [9.17, 15) is 48.3 Å². The summed E-state index contributed by atoms with van der Waals surface area (Å²) in [6.45, 7) is -0.234. The Bertz CT molecular complexity index is 1160. The first kappa shape index (κ1) is 26.8. The summed E-state index contributed by atoms with van der Waals surface area (Å²) < 4.78 is 157. The maximum absolute atomic E-state index is 14.6. The molecule has 0 heterocycles. The van der Waals surface area contributed by atoms with Crippen molar-refractivity contribution in [3.8, 4) is 12.3 Å². The van der Waals surface area contributed by atoms with E-state index in [0.29, 0.717) is 20.8 Å². The van der Waals surface area contributed by atoms with E-state index in [2.05, 4.69) is 0 Å². The van der Waals surface area contributed by atoms with Gasteiger partial charge in [0, 0.05) is 16.7 Å². The van der Waals surface area contributed by atoms with E-state index in [1.54, 1.807) is 0 Å². The number of allylic oxidation sites excluding steroid dienone is 3. The van der Waals surface area contributed by atoms with Crippen molar-refractivity contribution in [3.05, 3.63) is 80.7 Å². The SMILES string of the molecule is C#C/C(F)=C(C)\C(F)=C(\F)CN(c1c(F)c(F)c(C)c(F)c1F)c1c(F)c(F)c(C)c(F)c1F. The van der Waals surface area contributed by atoms with Crippen LogP contribution in [0.2, 0.25) is 0 Å². The maximum Gasteiger partial charge on any atom is 0.185 e. The summed E-state index contributed by atoms with van der Waals surface area (Å²) >= 11 is 0. The Balaban J connectivity index is 3.00. The number of rotatable bonds is 5. The number of halogens is 11. The largest absolute Gasteiger partial charge is 0.325 e. The average molecular weight is 499 g/mol. The lowest BCUT2D eigenvalue weighted by Gasteiger charge is -2.27. The Kier molecular flexibility index (Phi) is 7.70. The van der Waals surface area contributed by atoms with Gasteiger partial charge in [-0.15, -0.1) is 6.42 Å². The molecule has 0 atom stereocenters. The van der Waals surface area contributed by atoms with Crippen molar-refractivity contribution >= 4 is 11.4 Å². The number of anilines is 2. The molecular weight excluding hydrogens is 487 g/mol. The van der Waals surface area contributed by atoms with E-state index in [1.807, 2.05) is 0 Å². The lowest BCUT2D eigenvalue weighted by molar-refractivity contribution is 0.433. The third-order valence-electron chi connectivity index (χ3n) is 4.78. The smallest absolute Gasteiger partial charge is 0.185 e. The standard InChI is InChI=1S/C22H12F11N/c1-5-10(23)7(2)12(25)11(24)6-34(21-17(30)13(26)8(3)14(27)18(21)31)22-19(32)15(28)9(4)16(29)20(22)33/h1H,6H2,2-4H3/b10-7+,12-11-. The van der Waals surface area contributed by atoms with Gasteiger partial charge >= 0.3 is 0 Å². The molecule has 0 aliphatic heterocycles. The molecule has 34 heavy (non-hydrogen) atoms. The molecule has 0 saturated carbocycles. The first-order chi connectivity index (χ1) is 15.7. The van der Waals surface area contributed by atoms with Gasteiger partial charge < -0.3 is 4.90 Å². The summed E-state index contributed by atoms with van der Waals surface area (Å²) in [6.07, 6.45) is 4.70. The molecule has 0 N–H and O–H groups in total. The fourth-order valence-electron chi connectivity index (χ4n) is 2.82. The summed E-state index contributed by atoms with van der Waals surface area (Å²) in [7, 11) is 0. The van der Waals surface area contributed by atoms with Gasteiger partial charge in [0.15, 0.2) is 64.0 Å². The lowest BCUT2D eigenvalue weighted by atomic mass is 10.1. The Labute approximate surface area is 185 Å². The van der Waals surface area contributed by atoms with Crippen molar-refractivity contribution in [1.82, 2.24) is 0 Å². The van der Waals surface area contributed by atoms with Gasteiger partial charge in [-0.05, 0) is 26.7 Å². The monoisotopic (exact) mass is 499 g/mol. The van der Waals surface area contributed by atoms with Crippen molar-refractivity contribution in [2.45, 2.75) is 20.8 Å². The molecule has 0 fully saturated rings. The zero-order chi connectivity index (χ0) is 26.2. The van der Waals surface area contributed by atoms with Crippen LogP contribution in [0.4, 0.5) is 59.7 Å². The summed E-state index contributed by atoms with van der Waals surface area (Å²) in [4.78, 5) is -0.609. The van der Waals surface area contributed by atoms with E-state index in [0.717, 1.165) is 0 Å². The minimum atomic E-state index is -2.35. The van der Waals surface area contributed by atoms with E-state index in [4.69, 9.17) is 6.42 Å². The van der Waals surface area contributed by atoms with Crippen LogP contribution in [0, 0.1) is 72.7 Å². The Hall–Kier alpha value is -3.49. The molecule has 2 rings (SSSR count). The van der Waals surface area contributed by atoms with Gasteiger partial charge in [-0.25, -0.2) is 43.9 Å². The molecule has 0 unspecified atom stereocenters. The van der Waals surface area contributed by atoms with Crippen LogP contribution in [0.1, 0.15) is 18.1 Å². The van der Waals surface area contributed by atoms with Gasteiger partial charge in [0.05, 0.1) is 6.54 Å². The van der Waals surface area contributed by atoms with Crippen LogP contribution in [0.25, 0.3) is 0 Å².